The van der Waals surface area contributed by atoms with Crippen LogP contribution in [0.3, 0.4) is 0 Å². The predicted molar refractivity (Wildman–Crippen MR) is 134 cm³/mol. The van der Waals surface area contributed by atoms with Gasteiger partial charge < -0.3 is 5.32 Å². The SMILES string of the molecule is CC(C)c1ccccc1-n1c(SCC(=O)Nc2cc(Cl)ccc2C#N)nnc1-c1cccnc1. The van der Waals surface area contributed by atoms with Crippen LogP contribution in [0.1, 0.15) is 30.9 Å². The van der Waals surface area contributed by atoms with Gasteiger partial charge in [0, 0.05) is 23.0 Å². The molecule has 0 radical (unpaired) electrons. The van der Waals surface area contributed by atoms with Gasteiger partial charge in [0.15, 0.2) is 11.0 Å². The van der Waals surface area contributed by atoms with Crippen molar-refractivity contribution in [3.05, 3.63) is 83.1 Å². The first kappa shape index (κ1) is 23.5. The van der Waals surface area contributed by atoms with Gasteiger partial charge in [-0.3, -0.25) is 14.3 Å². The van der Waals surface area contributed by atoms with Gasteiger partial charge in [-0.2, -0.15) is 5.26 Å². The second kappa shape index (κ2) is 10.5. The van der Waals surface area contributed by atoms with Crippen molar-refractivity contribution in [2.24, 2.45) is 0 Å². The summed E-state index contributed by atoms with van der Waals surface area (Å²) in [6, 6.07) is 18.7. The molecule has 0 aliphatic heterocycles. The smallest absolute Gasteiger partial charge is 0.234 e. The molecule has 170 valence electrons. The van der Waals surface area contributed by atoms with Crippen LogP contribution < -0.4 is 5.32 Å². The van der Waals surface area contributed by atoms with E-state index < -0.39 is 0 Å². The lowest BCUT2D eigenvalue weighted by Gasteiger charge is -2.16. The molecule has 0 atom stereocenters. The van der Waals surface area contributed by atoms with E-state index in [1.807, 2.05) is 34.9 Å². The molecule has 0 saturated carbocycles. The number of rotatable bonds is 7. The lowest BCUT2D eigenvalue weighted by molar-refractivity contribution is -0.113. The van der Waals surface area contributed by atoms with Crippen LogP contribution in [-0.2, 0) is 4.79 Å². The number of aromatic nitrogens is 4. The Morgan fingerprint density at radius 3 is 2.74 bits per heavy atom. The number of pyridine rings is 1. The highest BCUT2D eigenvalue weighted by atomic mass is 35.5. The zero-order valence-electron chi connectivity index (χ0n) is 18.6. The molecule has 0 fully saturated rings. The highest BCUT2D eigenvalue weighted by Gasteiger charge is 2.20. The molecule has 0 aliphatic carbocycles. The van der Waals surface area contributed by atoms with Gasteiger partial charge in [0.2, 0.25) is 5.91 Å². The minimum atomic E-state index is -0.279. The van der Waals surface area contributed by atoms with E-state index in [0.717, 1.165) is 16.8 Å². The number of amides is 1. The minimum absolute atomic E-state index is 0.0758. The minimum Gasteiger partial charge on any atom is -0.324 e. The number of benzene rings is 2. The Bertz CT molecular complexity index is 1360. The number of hydrogen-bond acceptors (Lipinski definition) is 6. The van der Waals surface area contributed by atoms with Crippen molar-refractivity contribution in [2.75, 3.05) is 11.1 Å². The zero-order chi connectivity index (χ0) is 24.1. The largest absolute Gasteiger partial charge is 0.324 e. The molecule has 2 aromatic carbocycles. The molecule has 34 heavy (non-hydrogen) atoms. The van der Waals surface area contributed by atoms with Crippen LogP contribution in [0.2, 0.25) is 5.02 Å². The highest BCUT2D eigenvalue weighted by molar-refractivity contribution is 7.99. The lowest BCUT2D eigenvalue weighted by atomic mass is 10.0. The van der Waals surface area contributed by atoms with E-state index in [1.165, 1.54) is 11.8 Å². The average Bonchev–Trinajstić information content (AvgIpc) is 3.27. The molecule has 1 amide bonds. The Balaban J connectivity index is 1.66. The fraction of sp³-hybridized carbons (Fsp3) is 0.160. The number of thioether (sulfide) groups is 1. The summed E-state index contributed by atoms with van der Waals surface area (Å²) in [6.07, 6.45) is 3.44. The molecule has 2 aromatic heterocycles. The van der Waals surface area contributed by atoms with Crippen LogP contribution in [0.5, 0.6) is 0 Å². The van der Waals surface area contributed by atoms with E-state index >= 15 is 0 Å². The molecule has 2 heterocycles. The quantitative estimate of drug-likeness (QED) is 0.335. The summed E-state index contributed by atoms with van der Waals surface area (Å²) in [5, 5.41) is 21.9. The van der Waals surface area contributed by atoms with Gasteiger partial charge in [0.1, 0.15) is 6.07 Å². The van der Waals surface area contributed by atoms with Gasteiger partial charge in [-0.1, -0.05) is 55.4 Å². The number of anilines is 1. The van der Waals surface area contributed by atoms with Crippen LogP contribution in [0.4, 0.5) is 5.69 Å². The number of carbonyl (C=O) groups excluding carboxylic acids is 1. The first-order valence-electron chi connectivity index (χ1n) is 10.6. The Labute approximate surface area is 206 Å². The topological polar surface area (TPSA) is 96.5 Å². The number of hydrogen-bond donors (Lipinski definition) is 1. The summed E-state index contributed by atoms with van der Waals surface area (Å²) in [5.41, 5.74) is 3.63. The van der Waals surface area contributed by atoms with Crippen molar-refractivity contribution in [2.45, 2.75) is 24.9 Å². The van der Waals surface area contributed by atoms with Crippen molar-refractivity contribution in [1.82, 2.24) is 19.7 Å². The van der Waals surface area contributed by atoms with Crippen LogP contribution in [0, 0.1) is 11.3 Å². The van der Waals surface area contributed by atoms with E-state index in [2.05, 4.69) is 46.5 Å². The van der Waals surface area contributed by atoms with Gasteiger partial charge in [0.05, 0.1) is 22.7 Å². The van der Waals surface area contributed by atoms with Gasteiger partial charge in [0.25, 0.3) is 0 Å². The Hall–Kier alpha value is -3.67. The average molecular weight is 489 g/mol. The second-order valence-electron chi connectivity index (χ2n) is 7.74. The maximum Gasteiger partial charge on any atom is 0.234 e. The summed E-state index contributed by atoms with van der Waals surface area (Å²) in [5.74, 6) is 0.713. The number of nitrogens with zero attached hydrogens (tertiary/aromatic N) is 5. The first-order chi connectivity index (χ1) is 16.5. The van der Waals surface area contributed by atoms with Crippen LogP contribution in [0.15, 0.2) is 72.1 Å². The summed E-state index contributed by atoms with van der Waals surface area (Å²) in [6.45, 7) is 4.26. The Kier molecular flexibility index (Phi) is 7.26. The molecule has 0 spiro atoms. The van der Waals surface area contributed by atoms with E-state index in [-0.39, 0.29) is 17.6 Å². The van der Waals surface area contributed by atoms with Gasteiger partial charge in [-0.15, -0.1) is 10.2 Å². The first-order valence-corrected chi connectivity index (χ1v) is 11.9. The van der Waals surface area contributed by atoms with Gasteiger partial charge in [-0.25, -0.2) is 0 Å². The number of para-hydroxylation sites is 1. The van der Waals surface area contributed by atoms with Crippen LogP contribution in [-0.4, -0.2) is 31.4 Å². The lowest BCUT2D eigenvalue weighted by Crippen LogP contribution is -2.15. The molecule has 0 aliphatic rings. The molecule has 1 N–H and O–H groups in total. The molecular weight excluding hydrogens is 468 g/mol. The highest BCUT2D eigenvalue weighted by Crippen LogP contribution is 2.32. The maximum absolute atomic E-state index is 12.7. The maximum atomic E-state index is 12.7. The monoisotopic (exact) mass is 488 g/mol. The Morgan fingerprint density at radius 1 is 1.18 bits per heavy atom. The third-order valence-corrected chi connectivity index (χ3v) is 6.23. The van der Waals surface area contributed by atoms with Gasteiger partial charge in [-0.05, 0) is 47.9 Å². The normalized spacial score (nSPS) is 10.8. The van der Waals surface area contributed by atoms with Crippen LogP contribution in [0.25, 0.3) is 17.1 Å². The molecule has 0 saturated heterocycles. The summed E-state index contributed by atoms with van der Waals surface area (Å²) in [7, 11) is 0. The molecule has 0 bridgehead atoms. The third-order valence-electron chi connectivity index (χ3n) is 5.06. The number of nitrogens with one attached hydrogen (secondary N) is 1. The summed E-state index contributed by atoms with van der Waals surface area (Å²) < 4.78 is 1.96. The molecule has 4 aromatic rings. The second-order valence-corrected chi connectivity index (χ2v) is 9.11. The molecular formula is C25H21ClN6OS. The third kappa shape index (κ3) is 5.11. The van der Waals surface area contributed by atoms with Crippen molar-refractivity contribution in [3.63, 3.8) is 0 Å². The van der Waals surface area contributed by atoms with E-state index in [1.54, 1.807) is 30.6 Å². The number of nitriles is 1. The van der Waals surface area contributed by atoms with Crippen molar-refractivity contribution in [3.8, 4) is 23.1 Å². The standard InChI is InChI=1S/C25H21ClN6OS/c1-16(2)20-7-3-4-8-22(20)32-24(18-6-5-11-28-14-18)30-31-25(32)34-15-23(33)29-21-12-19(26)10-9-17(21)13-27/h3-12,14,16H,15H2,1-2H3,(H,29,33). The van der Waals surface area contributed by atoms with E-state index in [9.17, 15) is 10.1 Å². The zero-order valence-corrected chi connectivity index (χ0v) is 20.1. The fourth-order valence-corrected chi connectivity index (χ4v) is 4.39. The van der Waals surface area contributed by atoms with Gasteiger partial charge >= 0.3 is 0 Å². The van der Waals surface area contributed by atoms with Crippen molar-refractivity contribution >= 4 is 35.0 Å². The van der Waals surface area contributed by atoms with E-state index in [4.69, 9.17) is 11.6 Å². The predicted octanol–water partition coefficient (Wildman–Crippen LogP) is 5.71. The van der Waals surface area contributed by atoms with Crippen molar-refractivity contribution < 1.29 is 4.79 Å². The molecule has 9 heteroatoms. The Morgan fingerprint density at radius 2 is 2.00 bits per heavy atom. The number of halogens is 1. The van der Waals surface area contributed by atoms with Crippen molar-refractivity contribution in [1.29, 1.82) is 5.26 Å². The summed E-state index contributed by atoms with van der Waals surface area (Å²) in [4.78, 5) is 16.9. The molecule has 0 unspecified atom stereocenters. The van der Waals surface area contributed by atoms with E-state index in [0.29, 0.717) is 27.3 Å². The number of carbonyl (C=O) groups is 1. The molecule has 7 nitrogen and oxygen atoms in total. The summed E-state index contributed by atoms with van der Waals surface area (Å²) >= 11 is 7.29. The van der Waals surface area contributed by atoms with Crippen LogP contribution >= 0.6 is 23.4 Å². The molecule has 4 rings (SSSR count). The fourth-order valence-electron chi connectivity index (χ4n) is 3.48.